The van der Waals surface area contributed by atoms with Crippen molar-refractivity contribution >= 4 is 11.8 Å². The predicted molar refractivity (Wildman–Crippen MR) is 72.1 cm³/mol. The van der Waals surface area contributed by atoms with Crippen molar-refractivity contribution in [3.63, 3.8) is 0 Å². The van der Waals surface area contributed by atoms with Crippen LogP contribution in [0.4, 0.5) is 0 Å². The van der Waals surface area contributed by atoms with Crippen LogP contribution >= 0.6 is 0 Å². The normalized spacial score (nSPS) is 13.4. The lowest BCUT2D eigenvalue weighted by Crippen LogP contribution is -2.46. The molecule has 0 aliphatic heterocycles. The summed E-state index contributed by atoms with van der Waals surface area (Å²) in [5.74, 6) is -1.35. The van der Waals surface area contributed by atoms with E-state index in [9.17, 15) is 14.7 Å². The van der Waals surface area contributed by atoms with Crippen LogP contribution in [0.25, 0.3) is 0 Å². The summed E-state index contributed by atoms with van der Waals surface area (Å²) >= 11 is 0. The first-order valence-electron chi connectivity index (χ1n) is 6.43. The van der Waals surface area contributed by atoms with Gasteiger partial charge in [0.2, 0.25) is 0 Å². The molecular weight excluding hydrogens is 276 g/mol. The van der Waals surface area contributed by atoms with Gasteiger partial charge in [-0.05, 0) is 25.1 Å². The lowest BCUT2D eigenvalue weighted by Gasteiger charge is -2.25. The highest BCUT2D eigenvalue weighted by Gasteiger charge is 2.36. The van der Waals surface area contributed by atoms with Gasteiger partial charge in [0.1, 0.15) is 5.76 Å². The fourth-order valence-electron chi connectivity index (χ4n) is 1.87. The van der Waals surface area contributed by atoms with Crippen LogP contribution in [0.2, 0.25) is 0 Å². The Balaban J connectivity index is 2.15. The maximum atomic E-state index is 11.6. The van der Waals surface area contributed by atoms with Gasteiger partial charge in [0, 0.05) is 12.1 Å². The lowest BCUT2D eigenvalue weighted by molar-refractivity contribution is -0.139. The van der Waals surface area contributed by atoms with Gasteiger partial charge in [-0.1, -0.05) is 0 Å². The topological polar surface area (TPSA) is 105 Å². The molecule has 0 bridgehead atoms. The van der Waals surface area contributed by atoms with Crippen molar-refractivity contribution in [1.29, 1.82) is 0 Å². The second kappa shape index (κ2) is 6.27. The fraction of sp³-hybridized carbons (Fsp3) is 0.286. The number of carbonyl (C=O) groups is 2. The summed E-state index contributed by atoms with van der Waals surface area (Å²) in [5, 5.41) is 15.6. The average molecular weight is 292 g/mol. The smallest absolute Gasteiger partial charge is 0.309 e. The highest BCUT2D eigenvalue weighted by molar-refractivity contribution is 6.35. The molecule has 2 aromatic heterocycles. The fourth-order valence-corrected chi connectivity index (χ4v) is 1.87. The molecule has 0 unspecified atom stereocenters. The molecule has 3 N–H and O–H groups in total. The van der Waals surface area contributed by atoms with Gasteiger partial charge in [-0.15, -0.1) is 0 Å². The Morgan fingerprint density at radius 2 is 2.00 bits per heavy atom. The largest absolute Gasteiger partial charge is 0.472 e. The zero-order chi connectivity index (χ0) is 15.3. The Bertz CT molecular complexity index is 555. The van der Waals surface area contributed by atoms with E-state index >= 15 is 0 Å². The van der Waals surface area contributed by atoms with E-state index in [2.05, 4.69) is 10.6 Å². The molecule has 0 saturated heterocycles. The molecule has 2 aromatic rings. The van der Waals surface area contributed by atoms with E-state index in [4.69, 9.17) is 8.83 Å². The average Bonchev–Trinajstić information content (AvgIpc) is 3.16. The van der Waals surface area contributed by atoms with Gasteiger partial charge in [-0.3, -0.25) is 9.59 Å². The number of rotatable bonds is 5. The molecule has 112 valence electrons. The molecule has 0 saturated carbocycles. The van der Waals surface area contributed by atoms with Gasteiger partial charge in [0.15, 0.2) is 5.60 Å². The van der Waals surface area contributed by atoms with Gasteiger partial charge in [-0.2, -0.15) is 0 Å². The van der Waals surface area contributed by atoms with E-state index in [1.807, 2.05) is 0 Å². The molecule has 21 heavy (non-hydrogen) atoms. The summed E-state index contributed by atoms with van der Waals surface area (Å²) in [6, 6.07) is 4.75. The van der Waals surface area contributed by atoms with Crippen LogP contribution in [0, 0.1) is 0 Å². The molecule has 0 fully saturated rings. The number of carbonyl (C=O) groups excluding carboxylic acids is 2. The van der Waals surface area contributed by atoms with Crippen molar-refractivity contribution in [2.45, 2.75) is 12.5 Å². The zero-order valence-electron chi connectivity index (χ0n) is 11.5. The van der Waals surface area contributed by atoms with E-state index < -0.39 is 17.4 Å². The number of nitrogens with one attached hydrogen (secondary N) is 2. The zero-order valence-corrected chi connectivity index (χ0v) is 11.5. The van der Waals surface area contributed by atoms with E-state index in [-0.39, 0.29) is 12.3 Å². The van der Waals surface area contributed by atoms with Crippen molar-refractivity contribution in [1.82, 2.24) is 10.6 Å². The van der Waals surface area contributed by atoms with Crippen LogP contribution < -0.4 is 10.6 Å². The Hall–Kier alpha value is -2.54. The minimum absolute atomic E-state index is 0.226. The van der Waals surface area contributed by atoms with Crippen molar-refractivity contribution in [2.75, 3.05) is 13.1 Å². The first-order chi connectivity index (χ1) is 10.1. The van der Waals surface area contributed by atoms with Crippen molar-refractivity contribution in [3.05, 3.63) is 48.3 Å². The second-order valence-electron chi connectivity index (χ2n) is 4.39. The first kappa shape index (κ1) is 14.9. The molecule has 0 aliphatic carbocycles. The third-order valence-corrected chi connectivity index (χ3v) is 2.98. The summed E-state index contributed by atoms with van der Waals surface area (Å²) < 4.78 is 10.2. The maximum Gasteiger partial charge on any atom is 0.309 e. The third kappa shape index (κ3) is 3.14. The Morgan fingerprint density at radius 1 is 1.24 bits per heavy atom. The van der Waals surface area contributed by atoms with Crippen molar-refractivity contribution in [3.8, 4) is 0 Å². The summed E-state index contributed by atoms with van der Waals surface area (Å²) in [6.45, 7) is 1.82. The summed E-state index contributed by atoms with van der Waals surface area (Å²) in [4.78, 5) is 23.0. The number of hydrogen-bond acceptors (Lipinski definition) is 5. The van der Waals surface area contributed by atoms with E-state index in [0.717, 1.165) is 0 Å². The third-order valence-electron chi connectivity index (χ3n) is 2.98. The van der Waals surface area contributed by atoms with E-state index in [1.165, 1.54) is 18.8 Å². The highest BCUT2D eigenvalue weighted by atomic mass is 16.4. The number of hydrogen-bond donors (Lipinski definition) is 3. The van der Waals surface area contributed by atoms with Crippen LogP contribution in [0.15, 0.2) is 45.8 Å². The van der Waals surface area contributed by atoms with Gasteiger partial charge in [0.05, 0.1) is 25.3 Å². The quantitative estimate of drug-likeness (QED) is 0.690. The summed E-state index contributed by atoms with van der Waals surface area (Å²) in [5.41, 5.74) is -1.20. The van der Waals surface area contributed by atoms with Crippen LogP contribution in [0.5, 0.6) is 0 Å². The SMILES string of the molecule is CCNC(=O)C(=O)NC[C@](O)(c1ccoc1)c1ccco1. The monoisotopic (exact) mass is 292 g/mol. The van der Waals surface area contributed by atoms with E-state index in [0.29, 0.717) is 12.1 Å². The van der Waals surface area contributed by atoms with Crippen molar-refractivity contribution in [2.24, 2.45) is 0 Å². The molecule has 0 aliphatic rings. The molecule has 2 rings (SSSR count). The number of likely N-dealkylation sites (N-methyl/N-ethyl adjacent to an activating group) is 1. The van der Waals surface area contributed by atoms with Gasteiger partial charge >= 0.3 is 11.8 Å². The maximum absolute atomic E-state index is 11.6. The highest BCUT2D eigenvalue weighted by Crippen LogP contribution is 2.29. The van der Waals surface area contributed by atoms with Gasteiger partial charge in [0.25, 0.3) is 0 Å². The molecular formula is C14H16N2O5. The van der Waals surface area contributed by atoms with Crippen LogP contribution in [-0.2, 0) is 15.2 Å². The molecule has 7 heteroatoms. The van der Waals surface area contributed by atoms with Crippen LogP contribution in [0.3, 0.4) is 0 Å². The van der Waals surface area contributed by atoms with Crippen molar-refractivity contribution < 1.29 is 23.5 Å². The summed E-state index contributed by atoms with van der Waals surface area (Å²) in [7, 11) is 0. The molecule has 7 nitrogen and oxygen atoms in total. The second-order valence-corrected chi connectivity index (χ2v) is 4.39. The Kier molecular flexibility index (Phi) is 4.44. The Morgan fingerprint density at radius 3 is 2.57 bits per heavy atom. The molecule has 2 amide bonds. The number of furan rings is 2. The molecule has 2 heterocycles. The predicted octanol–water partition coefficient (Wildman–Crippen LogP) is 0.361. The van der Waals surface area contributed by atoms with Gasteiger partial charge in [-0.25, -0.2) is 0 Å². The number of amides is 2. The van der Waals surface area contributed by atoms with Crippen LogP contribution in [-0.4, -0.2) is 30.0 Å². The minimum Gasteiger partial charge on any atom is -0.472 e. The standard InChI is InChI=1S/C14H16N2O5/c1-2-15-12(17)13(18)16-9-14(19,10-5-7-20-8-10)11-4-3-6-21-11/h3-8,19H,2,9H2,1H3,(H,15,17)(H,16,18)/t14-/m0/s1. The molecule has 0 radical (unpaired) electrons. The summed E-state index contributed by atoms with van der Waals surface area (Å²) in [6.07, 6.45) is 4.15. The minimum atomic E-state index is -1.61. The molecule has 1 atom stereocenters. The van der Waals surface area contributed by atoms with Gasteiger partial charge < -0.3 is 24.6 Å². The number of aliphatic hydroxyl groups is 1. The Labute approximate surface area is 120 Å². The van der Waals surface area contributed by atoms with E-state index in [1.54, 1.807) is 25.1 Å². The molecule has 0 aromatic carbocycles. The van der Waals surface area contributed by atoms with Crippen LogP contribution in [0.1, 0.15) is 18.2 Å². The first-order valence-corrected chi connectivity index (χ1v) is 6.43. The lowest BCUT2D eigenvalue weighted by atomic mass is 9.93. The molecule has 0 spiro atoms.